The van der Waals surface area contributed by atoms with Gasteiger partial charge in [-0.25, -0.2) is 4.42 Å². The molecule has 0 fully saturated rings. The summed E-state index contributed by atoms with van der Waals surface area (Å²) >= 11 is 0. The number of carboxylic acid groups (broad SMARTS) is 1. The third-order valence-corrected chi connectivity index (χ3v) is 8.19. The summed E-state index contributed by atoms with van der Waals surface area (Å²) in [5.74, 6) is -1.28. The molecule has 3 N–H and O–H groups in total. The number of fused-ring (bicyclic) bond motifs is 2. The number of para-hydroxylation sites is 1. The molecule has 0 atom stereocenters. The van der Waals surface area contributed by atoms with Gasteiger partial charge in [-0.2, -0.15) is 8.42 Å². The molecule has 5 aromatic carbocycles. The molecule has 1 aromatic heterocycles. The van der Waals surface area contributed by atoms with Crippen LogP contribution in [0.4, 0.5) is 22.7 Å². The molecule has 1 heterocycles. The van der Waals surface area contributed by atoms with Crippen molar-refractivity contribution in [2.45, 2.75) is 18.7 Å². The van der Waals surface area contributed by atoms with Gasteiger partial charge in [0.25, 0.3) is 10.1 Å². The van der Waals surface area contributed by atoms with Crippen LogP contribution in [-0.4, -0.2) is 48.5 Å². The largest absolute Gasteiger partial charge is 0.545 e. The van der Waals surface area contributed by atoms with Gasteiger partial charge in [0.15, 0.2) is 0 Å². The molecule has 0 bridgehead atoms. The molecule has 0 amide bonds. The Morgan fingerprint density at radius 2 is 1.30 bits per heavy atom. The predicted octanol–water partition coefficient (Wildman–Crippen LogP) is 6.87. The van der Waals surface area contributed by atoms with E-state index in [1.54, 1.807) is 37.3 Å². The van der Waals surface area contributed by atoms with Gasteiger partial charge in [-0.3, -0.25) is 4.55 Å². The average Bonchev–Trinajstić information content (AvgIpc) is 2.97. The molecular weight excluding hydrogens is 587 g/mol. The fourth-order valence-electron chi connectivity index (χ4n) is 5.18. The van der Waals surface area contributed by atoms with Crippen molar-refractivity contribution in [2.24, 2.45) is 0 Å². The van der Waals surface area contributed by atoms with E-state index in [0.717, 1.165) is 22.3 Å². The number of aryl methyl sites for hydroxylation is 2. The number of carbonyl (C=O) groups is 1. The molecule has 6 rings (SSSR count). The van der Waals surface area contributed by atoms with Crippen LogP contribution < -0.4 is 15.7 Å². The van der Waals surface area contributed by atoms with Crippen molar-refractivity contribution in [3.63, 3.8) is 0 Å². The zero-order valence-electron chi connectivity index (χ0n) is 24.2. The van der Waals surface area contributed by atoms with Crippen LogP contribution in [-0.2, 0) is 10.1 Å². The number of anilines is 4. The number of benzene rings is 5. The van der Waals surface area contributed by atoms with Crippen molar-refractivity contribution in [1.82, 2.24) is 0 Å². The summed E-state index contributed by atoms with van der Waals surface area (Å²) in [6.07, 6.45) is 0. The van der Waals surface area contributed by atoms with Crippen LogP contribution in [0.2, 0.25) is 0 Å². The summed E-state index contributed by atoms with van der Waals surface area (Å²) in [5.41, 5.74) is 7.05. The molecule has 0 saturated carbocycles. The van der Waals surface area contributed by atoms with E-state index < -0.39 is 16.1 Å². The Balaban J connectivity index is 0.00000384. The van der Waals surface area contributed by atoms with Crippen LogP contribution in [0.1, 0.15) is 21.5 Å². The summed E-state index contributed by atoms with van der Waals surface area (Å²) in [6, 6.07) is 30.1. The van der Waals surface area contributed by atoms with Gasteiger partial charge in [0.05, 0.1) is 33.8 Å². The Labute approximate surface area is 276 Å². The van der Waals surface area contributed by atoms with E-state index in [2.05, 4.69) is 10.6 Å². The Hall–Kier alpha value is -4.25. The molecule has 44 heavy (non-hydrogen) atoms. The molecule has 215 valence electrons. The first kappa shape index (κ1) is 31.2. The summed E-state index contributed by atoms with van der Waals surface area (Å²) in [4.78, 5) is 11.9. The Morgan fingerprint density at radius 3 is 1.86 bits per heavy atom. The fourth-order valence-corrected chi connectivity index (χ4v) is 5.74. The van der Waals surface area contributed by atoms with Crippen molar-refractivity contribution >= 4 is 90.3 Å². The van der Waals surface area contributed by atoms with E-state index in [1.807, 2.05) is 61.5 Å². The van der Waals surface area contributed by atoms with Crippen molar-refractivity contribution < 1.29 is 27.3 Å². The summed E-state index contributed by atoms with van der Waals surface area (Å²) < 4.78 is 38.9. The first-order valence-corrected chi connectivity index (χ1v) is 14.8. The number of carboxylic acids is 1. The second-order valence-electron chi connectivity index (χ2n) is 10.2. The van der Waals surface area contributed by atoms with Crippen LogP contribution in [0, 0.1) is 13.8 Å². The Morgan fingerprint density at radius 1 is 0.727 bits per heavy atom. The minimum Gasteiger partial charge on any atom is -0.545 e. The fraction of sp³-hybridized carbons (Fsp3) is 0.0588. The van der Waals surface area contributed by atoms with E-state index >= 15 is 0 Å². The molecule has 0 spiro atoms. The van der Waals surface area contributed by atoms with Crippen molar-refractivity contribution in [3.05, 3.63) is 120 Å². The molecular formula is C34H26N2NaO6S. The van der Waals surface area contributed by atoms with E-state index in [1.165, 1.54) is 18.2 Å². The molecule has 0 aliphatic carbocycles. The maximum atomic E-state index is 12.1. The van der Waals surface area contributed by atoms with Gasteiger partial charge in [-0.15, -0.1) is 0 Å². The topological polar surface area (TPSA) is 130 Å². The van der Waals surface area contributed by atoms with Crippen molar-refractivity contribution in [1.29, 1.82) is 0 Å². The third-order valence-electron chi connectivity index (χ3n) is 7.34. The van der Waals surface area contributed by atoms with Crippen molar-refractivity contribution in [2.75, 3.05) is 10.6 Å². The quantitative estimate of drug-likeness (QED) is 0.0770. The van der Waals surface area contributed by atoms with E-state index in [-0.39, 0.29) is 40.0 Å². The molecule has 0 aliphatic heterocycles. The van der Waals surface area contributed by atoms with Crippen molar-refractivity contribution in [3.8, 4) is 11.1 Å². The Bertz CT molecular complexity index is 2180. The van der Waals surface area contributed by atoms with Crippen LogP contribution in [0.5, 0.6) is 0 Å². The molecule has 0 saturated heterocycles. The van der Waals surface area contributed by atoms with Crippen LogP contribution >= 0.6 is 0 Å². The van der Waals surface area contributed by atoms with Crippen LogP contribution in [0.25, 0.3) is 33.1 Å². The zero-order valence-corrected chi connectivity index (χ0v) is 27.0. The maximum absolute atomic E-state index is 12.1. The molecule has 6 aromatic rings. The second-order valence-corrected chi connectivity index (χ2v) is 11.7. The van der Waals surface area contributed by atoms with Gasteiger partial charge in [0, 0.05) is 63.4 Å². The van der Waals surface area contributed by atoms with Gasteiger partial charge in [0.2, 0.25) is 0 Å². The van der Waals surface area contributed by atoms with Gasteiger partial charge in [-0.1, -0.05) is 42.5 Å². The van der Waals surface area contributed by atoms with Crippen LogP contribution in [0.15, 0.2) is 112 Å². The maximum Gasteiger partial charge on any atom is 0.363 e. The molecule has 0 unspecified atom stereocenters. The summed E-state index contributed by atoms with van der Waals surface area (Å²) in [6.45, 7) is 3.75. The van der Waals surface area contributed by atoms with Gasteiger partial charge in [0.1, 0.15) is 0 Å². The predicted molar refractivity (Wildman–Crippen MR) is 172 cm³/mol. The van der Waals surface area contributed by atoms with Gasteiger partial charge in [-0.05, 0) is 79.1 Å². The van der Waals surface area contributed by atoms with Gasteiger partial charge >= 0.3 is 11.2 Å². The molecule has 0 aliphatic rings. The molecule has 1 radical (unpaired) electrons. The second kappa shape index (κ2) is 12.4. The number of carbonyl (C=O) groups excluding carboxylic acids is 1. The summed E-state index contributed by atoms with van der Waals surface area (Å²) in [5, 5.41) is 20.3. The SMILES string of the molecule is Cc1ccccc1Nc1ccc2c(-c3ccccc3C(=O)[O-])c3ccc(Nc4ccc(S(=O)(=O)O)cc4C)cc3[o+]c2c1.[Na]. The zero-order chi connectivity index (χ0) is 30.3. The number of hydrogen-bond acceptors (Lipinski definition) is 6. The standard InChI is InChI=1S/C34H26N2O6S.Na/c1-20-7-3-6-10-29(20)35-22-11-14-27-31(18-22)42-32-19-23(36-30-16-13-24(17-21(30)2)43(39,40)41)12-15-28(32)33(27)25-8-4-5-9-26(25)34(37)38;/h3-19,35-36H,1-2H3,(H-,37,38,39,40,41);. The molecule has 10 heteroatoms. The first-order chi connectivity index (χ1) is 20.6. The monoisotopic (exact) mass is 613 g/mol. The first-order valence-electron chi connectivity index (χ1n) is 13.4. The smallest absolute Gasteiger partial charge is 0.363 e. The minimum atomic E-state index is -4.33. The minimum absolute atomic E-state index is 0. The number of hydrogen-bond donors (Lipinski definition) is 3. The van der Waals surface area contributed by atoms with E-state index in [0.29, 0.717) is 44.6 Å². The Kier molecular flexibility index (Phi) is 8.78. The molecule has 8 nitrogen and oxygen atoms in total. The summed E-state index contributed by atoms with van der Waals surface area (Å²) in [7, 11) is -4.33. The van der Waals surface area contributed by atoms with Crippen LogP contribution in [0.3, 0.4) is 0 Å². The average molecular weight is 614 g/mol. The number of nitrogens with one attached hydrogen (secondary N) is 2. The normalized spacial score (nSPS) is 11.2. The van der Waals surface area contributed by atoms with E-state index in [9.17, 15) is 22.9 Å². The number of aromatic carboxylic acids is 1. The van der Waals surface area contributed by atoms with E-state index in [4.69, 9.17) is 4.42 Å². The third kappa shape index (κ3) is 6.19. The number of rotatable bonds is 7. The van der Waals surface area contributed by atoms with Gasteiger partial charge < -0.3 is 20.5 Å².